The Labute approximate surface area is 138 Å². The van der Waals surface area contributed by atoms with Crippen LogP contribution >= 0.6 is 11.6 Å². The third kappa shape index (κ3) is 3.59. The van der Waals surface area contributed by atoms with Crippen molar-refractivity contribution in [3.63, 3.8) is 0 Å². The largest absolute Gasteiger partial charge is 0.472 e. The second-order valence-electron chi connectivity index (χ2n) is 5.28. The quantitative estimate of drug-likeness (QED) is 0.865. The maximum atomic E-state index is 13.9. The molecule has 1 aromatic heterocycles. The van der Waals surface area contributed by atoms with Gasteiger partial charge in [-0.2, -0.15) is 0 Å². The first kappa shape index (κ1) is 15.7. The van der Waals surface area contributed by atoms with Crippen molar-refractivity contribution in [2.75, 3.05) is 13.1 Å². The number of likely N-dealkylation sites (tertiary alicyclic amines) is 1. The second-order valence-corrected chi connectivity index (χ2v) is 5.68. The van der Waals surface area contributed by atoms with Gasteiger partial charge in [0.15, 0.2) is 0 Å². The molecule has 1 aliphatic heterocycles. The fourth-order valence-electron chi connectivity index (χ4n) is 2.60. The molecule has 1 saturated heterocycles. The molecule has 1 aromatic carbocycles. The van der Waals surface area contributed by atoms with Crippen LogP contribution in [0.25, 0.3) is 0 Å². The highest BCUT2D eigenvalue weighted by Crippen LogP contribution is 2.23. The van der Waals surface area contributed by atoms with Crippen molar-refractivity contribution in [3.05, 3.63) is 53.2 Å². The van der Waals surface area contributed by atoms with E-state index in [9.17, 15) is 9.18 Å². The summed E-state index contributed by atoms with van der Waals surface area (Å²) in [6, 6.07) is 5.88. The Morgan fingerprint density at radius 2 is 2.26 bits per heavy atom. The summed E-state index contributed by atoms with van der Waals surface area (Å²) in [5.74, 6) is -0.561. The molecule has 0 N–H and O–H groups in total. The minimum atomic E-state index is -0.610. The molecule has 23 heavy (non-hydrogen) atoms. The molecule has 3 rings (SSSR count). The Balaban J connectivity index is 1.72. The molecule has 1 amide bonds. The van der Waals surface area contributed by atoms with Crippen LogP contribution in [0.15, 0.2) is 36.8 Å². The molecule has 7 heteroatoms. The van der Waals surface area contributed by atoms with Crippen molar-refractivity contribution >= 4 is 17.5 Å². The van der Waals surface area contributed by atoms with E-state index in [1.807, 2.05) is 0 Å². The SMILES string of the molecule is O=C(c1c(F)cccc1Cl)N1CCC[C@@H](Oc2ccncn2)C1. The molecular formula is C16H15ClFN3O2. The van der Waals surface area contributed by atoms with E-state index < -0.39 is 11.7 Å². The summed E-state index contributed by atoms with van der Waals surface area (Å²) in [6.07, 6.45) is 4.38. The summed E-state index contributed by atoms with van der Waals surface area (Å²) in [7, 11) is 0. The van der Waals surface area contributed by atoms with Gasteiger partial charge in [0.1, 0.15) is 18.2 Å². The van der Waals surface area contributed by atoms with Crippen LogP contribution < -0.4 is 4.74 Å². The first-order chi connectivity index (χ1) is 11.1. The van der Waals surface area contributed by atoms with Gasteiger partial charge in [0.25, 0.3) is 5.91 Å². The molecule has 0 bridgehead atoms. The van der Waals surface area contributed by atoms with Gasteiger partial charge in [0, 0.05) is 18.8 Å². The van der Waals surface area contributed by atoms with Crippen LogP contribution in [-0.2, 0) is 0 Å². The monoisotopic (exact) mass is 335 g/mol. The molecule has 1 aliphatic rings. The van der Waals surface area contributed by atoms with Crippen LogP contribution in [0.2, 0.25) is 5.02 Å². The zero-order valence-electron chi connectivity index (χ0n) is 12.3. The number of piperidine rings is 1. The van der Waals surface area contributed by atoms with E-state index in [0.29, 0.717) is 19.0 Å². The number of aromatic nitrogens is 2. The van der Waals surface area contributed by atoms with Crippen molar-refractivity contribution in [3.8, 4) is 5.88 Å². The number of carbonyl (C=O) groups is 1. The standard InChI is InChI=1S/C16H15ClFN3O2/c17-12-4-1-5-13(18)15(12)16(22)21-8-2-3-11(9-21)23-14-6-7-19-10-20-14/h1,4-7,10-11H,2-3,8-9H2/t11-/m1/s1. The van der Waals surface area contributed by atoms with E-state index in [1.54, 1.807) is 17.2 Å². The van der Waals surface area contributed by atoms with Gasteiger partial charge in [0.05, 0.1) is 17.1 Å². The van der Waals surface area contributed by atoms with Crippen molar-refractivity contribution in [1.29, 1.82) is 0 Å². The van der Waals surface area contributed by atoms with Crippen molar-refractivity contribution in [2.45, 2.75) is 18.9 Å². The lowest BCUT2D eigenvalue weighted by molar-refractivity contribution is 0.0523. The normalized spacial score (nSPS) is 17.8. The second kappa shape index (κ2) is 6.91. The van der Waals surface area contributed by atoms with E-state index in [2.05, 4.69) is 9.97 Å². The molecule has 5 nitrogen and oxygen atoms in total. The molecule has 0 unspecified atom stereocenters. The molecule has 1 atom stereocenters. The Kier molecular flexibility index (Phi) is 4.71. The predicted molar refractivity (Wildman–Crippen MR) is 83.0 cm³/mol. The average molecular weight is 336 g/mol. The van der Waals surface area contributed by atoms with Crippen LogP contribution in [0.4, 0.5) is 4.39 Å². The highest BCUT2D eigenvalue weighted by molar-refractivity contribution is 6.33. The van der Waals surface area contributed by atoms with Gasteiger partial charge in [-0.05, 0) is 25.0 Å². The van der Waals surface area contributed by atoms with Crippen LogP contribution in [0.3, 0.4) is 0 Å². The summed E-state index contributed by atoms with van der Waals surface area (Å²) in [4.78, 5) is 22.0. The third-order valence-electron chi connectivity index (χ3n) is 3.68. The predicted octanol–water partition coefficient (Wildman–Crippen LogP) is 2.95. The van der Waals surface area contributed by atoms with Crippen LogP contribution in [-0.4, -0.2) is 40.0 Å². The molecule has 120 valence electrons. The summed E-state index contributed by atoms with van der Waals surface area (Å²) in [5, 5.41) is 0.119. The van der Waals surface area contributed by atoms with Gasteiger partial charge in [0.2, 0.25) is 5.88 Å². The number of halogens is 2. The molecule has 0 spiro atoms. The lowest BCUT2D eigenvalue weighted by atomic mass is 10.1. The van der Waals surface area contributed by atoms with Crippen molar-refractivity contribution < 1.29 is 13.9 Å². The first-order valence-corrected chi connectivity index (χ1v) is 7.69. The lowest BCUT2D eigenvalue weighted by Gasteiger charge is -2.32. The van der Waals surface area contributed by atoms with Gasteiger partial charge >= 0.3 is 0 Å². The summed E-state index contributed by atoms with van der Waals surface area (Å²) in [6.45, 7) is 0.917. The first-order valence-electron chi connectivity index (χ1n) is 7.31. The van der Waals surface area contributed by atoms with Crippen LogP contribution in [0.5, 0.6) is 5.88 Å². The fraction of sp³-hybridized carbons (Fsp3) is 0.312. The summed E-state index contributed by atoms with van der Waals surface area (Å²) < 4.78 is 19.7. The van der Waals surface area contributed by atoms with Gasteiger partial charge in [-0.1, -0.05) is 17.7 Å². The minimum Gasteiger partial charge on any atom is -0.472 e. The Morgan fingerprint density at radius 1 is 1.39 bits per heavy atom. The molecule has 1 fully saturated rings. The highest BCUT2D eigenvalue weighted by atomic mass is 35.5. The lowest BCUT2D eigenvalue weighted by Crippen LogP contribution is -2.44. The number of rotatable bonds is 3. The number of nitrogens with zero attached hydrogens (tertiary/aromatic N) is 3. The molecule has 0 aliphatic carbocycles. The van der Waals surface area contributed by atoms with Crippen LogP contribution in [0, 0.1) is 5.82 Å². The van der Waals surface area contributed by atoms with Crippen molar-refractivity contribution in [2.24, 2.45) is 0 Å². The van der Waals surface area contributed by atoms with E-state index in [0.717, 1.165) is 12.8 Å². The third-order valence-corrected chi connectivity index (χ3v) is 4.00. The Hall–Kier alpha value is -2.21. The van der Waals surface area contributed by atoms with Gasteiger partial charge in [-0.3, -0.25) is 4.79 Å². The number of benzene rings is 1. The molecule has 2 heterocycles. The summed E-state index contributed by atoms with van der Waals surface area (Å²) in [5.41, 5.74) is -0.0862. The number of ether oxygens (including phenoxy) is 1. The molecular weight excluding hydrogens is 321 g/mol. The fourth-order valence-corrected chi connectivity index (χ4v) is 2.84. The zero-order valence-corrected chi connectivity index (χ0v) is 13.0. The van der Waals surface area contributed by atoms with E-state index in [4.69, 9.17) is 16.3 Å². The van der Waals surface area contributed by atoms with Gasteiger partial charge < -0.3 is 9.64 Å². The Morgan fingerprint density at radius 3 is 3.00 bits per heavy atom. The summed E-state index contributed by atoms with van der Waals surface area (Å²) >= 11 is 5.97. The van der Waals surface area contributed by atoms with E-state index in [-0.39, 0.29) is 16.7 Å². The highest BCUT2D eigenvalue weighted by Gasteiger charge is 2.28. The van der Waals surface area contributed by atoms with Gasteiger partial charge in [-0.15, -0.1) is 0 Å². The molecule has 2 aromatic rings. The molecule has 0 radical (unpaired) electrons. The number of hydrogen-bond donors (Lipinski definition) is 0. The van der Waals surface area contributed by atoms with E-state index >= 15 is 0 Å². The minimum absolute atomic E-state index is 0.0862. The maximum absolute atomic E-state index is 13.9. The maximum Gasteiger partial charge on any atom is 0.258 e. The zero-order chi connectivity index (χ0) is 16.2. The topological polar surface area (TPSA) is 55.3 Å². The van der Waals surface area contributed by atoms with E-state index in [1.165, 1.54) is 24.5 Å². The van der Waals surface area contributed by atoms with Gasteiger partial charge in [-0.25, -0.2) is 14.4 Å². The number of amides is 1. The molecule has 0 saturated carbocycles. The number of hydrogen-bond acceptors (Lipinski definition) is 4. The smallest absolute Gasteiger partial charge is 0.258 e. The van der Waals surface area contributed by atoms with Crippen LogP contribution in [0.1, 0.15) is 23.2 Å². The Bertz CT molecular complexity index is 679. The number of carbonyl (C=O) groups excluding carboxylic acids is 1. The average Bonchev–Trinajstić information content (AvgIpc) is 2.56. The van der Waals surface area contributed by atoms with Crippen molar-refractivity contribution in [1.82, 2.24) is 14.9 Å².